The summed E-state index contributed by atoms with van der Waals surface area (Å²) in [6, 6.07) is 0. The van der Waals surface area contributed by atoms with Crippen molar-refractivity contribution in [2.75, 3.05) is 6.54 Å². The van der Waals surface area contributed by atoms with E-state index >= 15 is 0 Å². The molecule has 0 aliphatic rings. The molecular weight excluding hydrogens is 222 g/mol. The molecule has 0 amide bonds. The van der Waals surface area contributed by atoms with Crippen molar-refractivity contribution >= 4 is 21.7 Å². The fourth-order valence-corrected chi connectivity index (χ4v) is 1.54. The number of hydrogen-bond acceptors (Lipinski definition) is 3. The van der Waals surface area contributed by atoms with Crippen LogP contribution in [0, 0.1) is 0 Å². The van der Waals surface area contributed by atoms with Gasteiger partial charge < -0.3 is 5.73 Å². The van der Waals surface area contributed by atoms with E-state index in [4.69, 9.17) is 5.73 Å². The Morgan fingerprint density at radius 2 is 2.50 bits per heavy atom. The summed E-state index contributed by atoms with van der Waals surface area (Å²) >= 11 is 3.24. The summed E-state index contributed by atoms with van der Waals surface area (Å²) in [7, 11) is 1.73. The molecule has 4 nitrogen and oxygen atoms in total. The lowest BCUT2D eigenvalue weighted by atomic mass is 10.2. The van der Waals surface area contributed by atoms with Crippen molar-refractivity contribution in [3.8, 4) is 0 Å². The van der Waals surface area contributed by atoms with Gasteiger partial charge in [-0.1, -0.05) is 0 Å². The molecule has 0 spiro atoms. The third-order valence-corrected chi connectivity index (χ3v) is 2.11. The maximum absolute atomic E-state index is 11.4. The van der Waals surface area contributed by atoms with E-state index in [1.807, 2.05) is 0 Å². The van der Waals surface area contributed by atoms with Gasteiger partial charge in [-0.15, -0.1) is 0 Å². The Hall–Kier alpha value is -0.680. The SMILES string of the molecule is Cn1ncc(Br)c1C(=O)CCN. The van der Waals surface area contributed by atoms with Crippen molar-refractivity contribution in [2.24, 2.45) is 12.8 Å². The molecule has 1 aromatic heterocycles. The largest absolute Gasteiger partial charge is 0.330 e. The molecule has 0 radical (unpaired) electrons. The van der Waals surface area contributed by atoms with Gasteiger partial charge in [-0.25, -0.2) is 0 Å². The molecule has 12 heavy (non-hydrogen) atoms. The van der Waals surface area contributed by atoms with Crippen molar-refractivity contribution in [3.05, 3.63) is 16.4 Å². The number of aryl methyl sites for hydroxylation is 1. The van der Waals surface area contributed by atoms with E-state index in [0.29, 0.717) is 18.7 Å². The fraction of sp³-hybridized carbons (Fsp3) is 0.429. The first-order chi connectivity index (χ1) is 5.66. The van der Waals surface area contributed by atoms with Gasteiger partial charge in [-0.05, 0) is 22.5 Å². The van der Waals surface area contributed by atoms with E-state index in [9.17, 15) is 4.79 Å². The molecule has 0 aromatic carbocycles. The second kappa shape index (κ2) is 3.82. The summed E-state index contributed by atoms with van der Waals surface area (Å²) in [6.07, 6.45) is 1.96. The Labute approximate surface area is 78.9 Å². The summed E-state index contributed by atoms with van der Waals surface area (Å²) in [5.74, 6) is 0.0179. The number of rotatable bonds is 3. The van der Waals surface area contributed by atoms with Gasteiger partial charge in [0, 0.05) is 13.5 Å². The highest BCUT2D eigenvalue weighted by Gasteiger charge is 2.13. The van der Waals surface area contributed by atoms with Crippen LogP contribution in [-0.2, 0) is 7.05 Å². The van der Waals surface area contributed by atoms with E-state index in [2.05, 4.69) is 21.0 Å². The Morgan fingerprint density at radius 3 is 2.92 bits per heavy atom. The number of carbonyl (C=O) groups excluding carboxylic acids is 1. The van der Waals surface area contributed by atoms with Gasteiger partial charge in [0.05, 0.1) is 10.7 Å². The smallest absolute Gasteiger partial charge is 0.183 e. The third kappa shape index (κ3) is 1.73. The molecular formula is C7H10BrN3O. The summed E-state index contributed by atoms with van der Waals surface area (Å²) in [4.78, 5) is 11.4. The Morgan fingerprint density at radius 1 is 1.83 bits per heavy atom. The van der Waals surface area contributed by atoms with Gasteiger partial charge >= 0.3 is 0 Å². The summed E-state index contributed by atoms with van der Waals surface area (Å²) < 4.78 is 2.27. The molecule has 1 rings (SSSR count). The predicted molar refractivity (Wildman–Crippen MR) is 48.9 cm³/mol. The number of aromatic nitrogens is 2. The lowest BCUT2D eigenvalue weighted by Gasteiger charge is -1.99. The van der Waals surface area contributed by atoms with E-state index in [1.54, 1.807) is 17.9 Å². The zero-order valence-electron chi connectivity index (χ0n) is 6.75. The quantitative estimate of drug-likeness (QED) is 0.781. The zero-order valence-corrected chi connectivity index (χ0v) is 8.34. The minimum absolute atomic E-state index is 0.0179. The van der Waals surface area contributed by atoms with Crippen molar-refractivity contribution < 1.29 is 4.79 Å². The minimum Gasteiger partial charge on any atom is -0.330 e. The van der Waals surface area contributed by atoms with Gasteiger partial charge in [0.25, 0.3) is 0 Å². The van der Waals surface area contributed by atoms with Crippen LogP contribution >= 0.6 is 15.9 Å². The molecule has 5 heteroatoms. The predicted octanol–water partition coefficient (Wildman–Crippen LogP) is 0.714. The van der Waals surface area contributed by atoms with Crippen LogP contribution in [-0.4, -0.2) is 22.1 Å². The van der Waals surface area contributed by atoms with Crippen LogP contribution in [0.15, 0.2) is 10.7 Å². The van der Waals surface area contributed by atoms with Crippen LogP contribution in [0.2, 0.25) is 0 Å². The molecule has 1 aromatic rings. The summed E-state index contributed by atoms with van der Waals surface area (Å²) in [6.45, 7) is 0.371. The van der Waals surface area contributed by atoms with Crippen molar-refractivity contribution in [1.29, 1.82) is 0 Å². The first kappa shape index (κ1) is 9.41. The van der Waals surface area contributed by atoms with E-state index in [-0.39, 0.29) is 5.78 Å². The molecule has 0 bridgehead atoms. The highest BCUT2D eigenvalue weighted by molar-refractivity contribution is 9.10. The molecule has 66 valence electrons. The van der Waals surface area contributed by atoms with Crippen LogP contribution in [0.3, 0.4) is 0 Å². The number of Topliss-reactive ketones (excluding diaryl/α,β-unsaturated/α-hetero) is 1. The highest BCUT2D eigenvalue weighted by atomic mass is 79.9. The minimum atomic E-state index is 0.0179. The second-order valence-corrected chi connectivity index (χ2v) is 3.28. The molecule has 0 saturated heterocycles. The van der Waals surface area contributed by atoms with E-state index in [1.165, 1.54) is 0 Å². The first-order valence-corrected chi connectivity index (χ1v) is 4.37. The fourth-order valence-electron chi connectivity index (χ4n) is 0.974. The number of nitrogens with zero attached hydrogens (tertiary/aromatic N) is 2. The molecule has 0 fully saturated rings. The van der Waals surface area contributed by atoms with E-state index < -0.39 is 0 Å². The molecule has 0 atom stereocenters. The number of ketones is 1. The number of halogens is 1. The number of carbonyl (C=O) groups is 1. The normalized spacial score (nSPS) is 10.2. The van der Waals surface area contributed by atoms with Gasteiger partial charge in [-0.2, -0.15) is 5.10 Å². The maximum atomic E-state index is 11.4. The molecule has 0 aliphatic carbocycles. The lowest BCUT2D eigenvalue weighted by Crippen LogP contribution is -2.12. The Balaban J connectivity index is 2.93. The highest BCUT2D eigenvalue weighted by Crippen LogP contribution is 2.16. The van der Waals surface area contributed by atoms with Crippen LogP contribution < -0.4 is 5.73 Å². The van der Waals surface area contributed by atoms with Gasteiger partial charge in [0.1, 0.15) is 5.69 Å². The van der Waals surface area contributed by atoms with Crippen molar-refractivity contribution in [3.63, 3.8) is 0 Å². The number of hydrogen-bond donors (Lipinski definition) is 1. The monoisotopic (exact) mass is 231 g/mol. The van der Waals surface area contributed by atoms with Crippen molar-refractivity contribution in [1.82, 2.24) is 9.78 Å². The summed E-state index contributed by atoms with van der Waals surface area (Å²) in [5, 5.41) is 3.93. The third-order valence-electron chi connectivity index (χ3n) is 1.53. The lowest BCUT2D eigenvalue weighted by molar-refractivity contribution is 0.0975. The van der Waals surface area contributed by atoms with Crippen LogP contribution in [0.4, 0.5) is 0 Å². The summed E-state index contributed by atoms with van der Waals surface area (Å²) in [5.41, 5.74) is 5.85. The average Bonchev–Trinajstić information content (AvgIpc) is 2.32. The molecule has 0 saturated carbocycles. The Kier molecular flexibility index (Phi) is 2.99. The van der Waals surface area contributed by atoms with Crippen LogP contribution in [0.25, 0.3) is 0 Å². The number of nitrogens with two attached hydrogens (primary N) is 1. The van der Waals surface area contributed by atoms with E-state index in [0.717, 1.165) is 4.47 Å². The van der Waals surface area contributed by atoms with Crippen molar-refractivity contribution in [2.45, 2.75) is 6.42 Å². The molecule has 2 N–H and O–H groups in total. The second-order valence-electron chi connectivity index (χ2n) is 2.43. The van der Waals surface area contributed by atoms with Crippen LogP contribution in [0.1, 0.15) is 16.9 Å². The zero-order chi connectivity index (χ0) is 9.14. The maximum Gasteiger partial charge on any atom is 0.183 e. The molecule has 1 heterocycles. The molecule has 0 unspecified atom stereocenters. The van der Waals surface area contributed by atoms with Gasteiger partial charge in [0.15, 0.2) is 5.78 Å². The average molecular weight is 232 g/mol. The van der Waals surface area contributed by atoms with Gasteiger partial charge in [0.2, 0.25) is 0 Å². The van der Waals surface area contributed by atoms with Crippen LogP contribution in [0.5, 0.6) is 0 Å². The standard InChI is InChI=1S/C7H10BrN3O/c1-11-7(5(8)4-10-11)6(12)2-3-9/h4H,2-3,9H2,1H3. The topological polar surface area (TPSA) is 60.9 Å². The Bertz CT molecular complexity index is 275. The first-order valence-electron chi connectivity index (χ1n) is 3.57. The molecule has 0 aliphatic heterocycles. The van der Waals surface area contributed by atoms with Gasteiger partial charge in [-0.3, -0.25) is 9.48 Å².